The molecule has 3 aromatic rings. The Labute approximate surface area is 169 Å². The van der Waals surface area contributed by atoms with Gasteiger partial charge in [-0.05, 0) is 44.0 Å². The Kier molecular flexibility index (Phi) is 6.00. The number of hydrogen-bond acceptors (Lipinski definition) is 5. The fraction of sp³-hybridized carbons (Fsp3) is 0.476. The summed E-state index contributed by atoms with van der Waals surface area (Å²) in [4.78, 5) is 21.6. The van der Waals surface area contributed by atoms with Gasteiger partial charge >= 0.3 is 0 Å². The maximum Gasteiger partial charge on any atom is 0.230 e. The minimum atomic E-state index is 0.0116. The molecule has 0 unspecified atom stereocenters. The molecule has 0 atom stereocenters. The molecule has 1 amide bonds. The van der Waals surface area contributed by atoms with E-state index in [9.17, 15) is 4.79 Å². The summed E-state index contributed by atoms with van der Waals surface area (Å²) in [6.45, 7) is 2.33. The SMILES string of the molecule is Cc1ccc(CNC(=O)CSCc2nc3cccnc3n2C2CCCCC2)o1. The van der Waals surface area contributed by atoms with Crippen molar-refractivity contribution in [3.05, 3.63) is 47.8 Å². The molecule has 1 fully saturated rings. The number of aromatic nitrogens is 3. The summed E-state index contributed by atoms with van der Waals surface area (Å²) in [5.74, 6) is 3.79. The van der Waals surface area contributed by atoms with Crippen molar-refractivity contribution in [3.63, 3.8) is 0 Å². The van der Waals surface area contributed by atoms with Gasteiger partial charge in [-0.3, -0.25) is 4.79 Å². The van der Waals surface area contributed by atoms with E-state index in [4.69, 9.17) is 9.40 Å². The average molecular weight is 399 g/mol. The van der Waals surface area contributed by atoms with Gasteiger partial charge in [0.05, 0.1) is 18.1 Å². The van der Waals surface area contributed by atoms with E-state index in [0.29, 0.717) is 24.1 Å². The number of furan rings is 1. The first-order valence-corrected chi connectivity index (χ1v) is 11.1. The zero-order chi connectivity index (χ0) is 19.3. The van der Waals surface area contributed by atoms with Crippen LogP contribution in [0.25, 0.3) is 11.2 Å². The molecule has 148 valence electrons. The first-order valence-electron chi connectivity index (χ1n) is 9.92. The van der Waals surface area contributed by atoms with Crippen LogP contribution >= 0.6 is 11.8 Å². The molecule has 1 aliphatic rings. The normalized spacial score (nSPS) is 15.2. The van der Waals surface area contributed by atoms with E-state index >= 15 is 0 Å². The number of aryl methyl sites for hydroxylation is 1. The number of nitrogens with one attached hydrogen (secondary N) is 1. The minimum absolute atomic E-state index is 0.0116. The number of fused-ring (bicyclic) bond motifs is 1. The van der Waals surface area contributed by atoms with Gasteiger partial charge in [0.15, 0.2) is 5.65 Å². The van der Waals surface area contributed by atoms with Crippen LogP contribution in [0.3, 0.4) is 0 Å². The summed E-state index contributed by atoms with van der Waals surface area (Å²) >= 11 is 1.59. The van der Waals surface area contributed by atoms with Crippen LogP contribution in [0.15, 0.2) is 34.9 Å². The summed E-state index contributed by atoms with van der Waals surface area (Å²) in [6, 6.07) is 8.22. The molecule has 1 saturated carbocycles. The van der Waals surface area contributed by atoms with Crippen LogP contribution < -0.4 is 5.32 Å². The first-order chi connectivity index (χ1) is 13.7. The number of amides is 1. The van der Waals surface area contributed by atoms with Crippen LogP contribution in [0, 0.1) is 6.92 Å². The van der Waals surface area contributed by atoms with Crippen molar-refractivity contribution in [1.29, 1.82) is 0 Å². The largest absolute Gasteiger partial charge is 0.465 e. The molecule has 0 bridgehead atoms. The highest BCUT2D eigenvalue weighted by Crippen LogP contribution is 2.32. The van der Waals surface area contributed by atoms with Crippen LogP contribution in [0.5, 0.6) is 0 Å². The van der Waals surface area contributed by atoms with Crippen LogP contribution in [-0.4, -0.2) is 26.2 Å². The molecule has 3 heterocycles. The number of rotatable bonds is 7. The number of imidazole rings is 1. The van der Waals surface area contributed by atoms with Crippen molar-refractivity contribution in [2.75, 3.05) is 5.75 Å². The molecule has 1 aliphatic carbocycles. The fourth-order valence-electron chi connectivity index (χ4n) is 3.85. The Morgan fingerprint density at radius 3 is 2.93 bits per heavy atom. The van der Waals surface area contributed by atoms with Gasteiger partial charge in [-0.1, -0.05) is 19.3 Å². The molecular weight excluding hydrogens is 372 g/mol. The van der Waals surface area contributed by atoms with Crippen molar-refractivity contribution in [1.82, 2.24) is 19.9 Å². The number of carbonyl (C=O) groups is 1. The van der Waals surface area contributed by atoms with Crippen LogP contribution in [0.2, 0.25) is 0 Å². The zero-order valence-corrected chi connectivity index (χ0v) is 17.0. The van der Waals surface area contributed by atoms with Gasteiger partial charge in [0, 0.05) is 12.2 Å². The number of carbonyl (C=O) groups excluding carboxylic acids is 1. The Hall–Kier alpha value is -2.28. The molecule has 1 N–H and O–H groups in total. The summed E-state index contributed by atoms with van der Waals surface area (Å²) < 4.78 is 7.81. The average Bonchev–Trinajstić information content (AvgIpc) is 3.30. The predicted molar refractivity (Wildman–Crippen MR) is 111 cm³/mol. The van der Waals surface area contributed by atoms with E-state index in [0.717, 1.165) is 28.5 Å². The highest BCUT2D eigenvalue weighted by Gasteiger charge is 2.22. The van der Waals surface area contributed by atoms with Gasteiger partial charge < -0.3 is 14.3 Å². The quantitative estimate of drug-likeness (QED) is 0.639. The standard InChI is InChI=1S/C21H26N4O2S/c1-15-9-10-17(27-15)12-23-20(26)14-28-13-19-24-18-8-5-11-22-21(18)25(19)16-6-3-2-4-7-16/h5,8-11,16H,2-4,6-7,12-14H2,1H3,(H,23,26). The molecule has 0 saturated heterocycles. The third-order valence-corrected chi connectivity index (χ3v) is 6.11. The van der Waals surface area contributed by atoms with E-state index in [-0.39, 0.29) is 5.91 Å². The monoisotopic (exact) mass is 398 g/mol. The smallest absolute Gasteiger partial charge is 0.230 e. The van der Waals surface area contributed by atoms with Gasteiger partial charge in [-0.25, -0.2) is 9.97 Å². The number of pyridine rings is 1. The maximum absolute atomic E-state index is 12.2. The molecule has 6 nitrogen and oxygen atoms in total. The second-order valence-electron chi connectivity index (χ2n) is 7.32. The minimum Gasteiger partial charge on any atom is -0.465 e. The predicted octanol–water partition coefficient (Wildman–Crippen LogP) is 4.39. The van der Waals surface area contributed by atoms with Crippen molar-refractivity contribution >= 4 is 28.8 Å². The van der Waals surface area contributed by atoms with E-state index < -0.39 is 0 Å². The molecule has 0 radical (unpaired) electrons. The van der Waals surface area contributed by atoms with Gasteiger partial charge in [0.25, 0.3) is 0 Å². The topological polar surface area (TPSA) is 73.0 Å². The van der Waals surface area contributed by atoms with Gasteiger partial charge in [-0.2, -0.15) is 0 Å². The zero-order valence-electron chi connectivity index (χ0n) is 16.2. The van der Waals surface area contributed by atoms with Gasteiger partial charge in [0.1, 0.15) is 22.9 Å². The van der Waals surface area contributed by atoms with Crippen molar-refractivity contribution < 1.29 is 9.21 Å². The second-order valence-corrected chi connectivity index (χ2v) is 8.30. The Morgan fingerprint density at radius 2 is 2.14 bits per heavy atom. The summed E-state index contributed by atoms with van der Waals surface area (Å²) in [5, 5.41) is 2.91. The van der Waals surface area contributed by atoms with Gasteiger partial charge in [-0.15, -0.1) is 11.8 Å². The van der Waals surface area contributed by atoms with Crippen LogP contribution in [-0.2, 0) is 17.1 Å². The first kappa shape index (κ1) is 19.1. The van der Waals surface area contributed by atoms with E-state index in [1.807, 2.05) is 37.4 Å². The lowest BCUT2D eigenvalue weighted by molar-refractivity contribution is -0.118. The van der Waals surface area contributed by atoms with E-state index in [1.165, 1.54) is 32.1 Å². The molecule has 0 spiro atoms. The van der Waals surface area contributed by atoms with Crippen molar-refractivity contribution in [3.8, 4) is 0 Å². The highest BCUT2D eigenvalue weighted by molar-refractivity contribution is 7.99. The summed E-state index contributed by atoms with van der Waals surface area (Å²) in [6.07, 6.45) is 8.04. The Morgan fingerprint density at radius 1 is 1.29 bits per heavy atom. The highest BCUT2D eigenvalue weighted by atomic mass is 32.2. The number of thioether (sulfide) groups is 1. The number of nitrogens with zero attached hydrogens (tertiary/aromatic N) is 3. The Bertz CT molecular complexity index is 943. The molecule has 7 heteroatoms. The van der Waals surface area contributed by atoms with E-state index in [2.05, 4.69) is 14.9 Å². The lowest BCUT2D eigenvalue weighted by Gasteiger charge is -2.25. The molecule has 4 rings (SSSR count). The molecular formula is C21H26N4O2S. The fourth-order valence-corrected chi connectivity index (χ4v) is 4.63. The second kappa shape index (κ2) is 8.82. The van der Waals surface area contributed by atoms with Crippen LogP contribution in [0.4, 0.5) is 0 Å². The van der Waals surface area contributed by atoms with Crippen LogP contribution in [0.1, 0.15) is 55.5 Å². The Balaban J connectivity index is 1.38. The lowest BCUT2D eigenvalue weighted by Crippen LogP contribution is -2.24. The maximum atomic E-state index is 12.2. The summed E-state index contributed by atoms with van der Waals surface area (Å²) in [5.41, 5.74) is 1.92. The third-order valence-electron chi connectivity index (χ3n) is 5.18. The van der Waals surface area contributed by atoms with E-state index in [1.54, 1.807) is 11.8 Å². The lowest BCUT2D eigenvalue weighted by atomic mass is 9.95. The van der Waals surface area contributed by atoms with Crippen molar-refractivity contribution in [2.45, 2.75) is 57.4 Å². The number of hydrogen-bond donors (Lipinski definition) is 1. The van der Waals surface area contributed by atoms with Crippen molar-refractivity contribution in [2.24, 2.45) is 0 Å². The molecule has 28 heavy (non-hydrogen) atoms. The summed E-state index contributed by atoms with van der Waals surface area (Å²) in [7, 11) is 0. The molecule has 0 aromatic carbocycles. The molecule has 0 aliphatic heterocycles. The molecule has 3 aromatic heterocycles. The third kappa shape index (κ3) is 4.41. The van der Waals surface area contributed by atoms with Gasteiger partial charge in [0.2, 0.25) is 5.91 Å².